The molecule has 0 saturated carbocycles. The van der Waals surface area contributed by atoms with E-state index < -0.39 is 0 Å². The second-order valence-electron chi connectivity index (χ2n) is 7.46. The molecule has 0 bridgehead atoms. The normalized spacial score (nSPS) is 14.2. The number of H-pyrrole nitrogens is 1. The predicted molar refractivity (Wildman–Crippen MR) is 121 cm³/mol. The van der Waals surface area contributed by atoms with E-state index in [2.05, 4.69) is 35.5 Å². The van der Waals surface area contributed by atoms with E-state index in [1.54, 1.807) is 18.1 Å². The van der Waals surface area contributed by atoms with Crippen molar-refractivity contribution >= 4 is 23.1 Å². The molecule has 1 aliphatic heterocycles. The van der Waals surface area contributed by atoms with Crippen molar-refractivity contribution in [2.75, 3.05) is 13.1 Å². The summed E-state index contributed by atoms with van der Waals surface area (Å²) in [5.74, 6) is 0.705. The third-order valence-electron chi connectivity index (χ3n) is 5.27. The van der Waals surface area contributed by atoms with E-state index in [0.717, 1.165) is 22.8 Å². The molecular weight excluding hydrogens is 414 g/mol. The van der Waals surface area contributed by atoms with Crippen LogP contribution in [0.15, 0.2) is 34.9 Å². The number of rotatable bonds is 4. The number of nitrogens with zero attached hydrogens (tertiary/aromatic N) is 8. The van der Waals surface area contributed by atoms with Crippen LogP contribution in [-0.2, 0) is 20.6 Å². The molecule has 164 valence electrons. The monoisotopic (exact) mass is 441 g/mol. The van der Waals surface area contributed by atoms with Crippen molar-refractivity contribution < 1.29 is 0 Å². The smallest absolute Gasteiger partial charge is 0.278 e. The van der Waals surface area contributed by atoms with Gasteiger partial charge in [0, 0.05) is 45.6 Å². The Kier molecular flexibility index (Phi) is 6.23. The van der Waals surface area contributed by atoms with E-state index in [-0.39, 0.29) is 5.56 Å². The van der Waals surface area contributed by atoms with Gasteiger partial charge in [0.05, 0.1) is 24.4 Å². The van der Waals surface area contributed by atoms with Gasteiger partial charge in [-0.25, -0.2) is 19.3 Å². The predicted octanol–water partition coefficient (Wildman–Crippen LogP) is 2.37. The van der Waals surface area contributed by atoms with Crippen LogP contribution in [0.3, 0.4) is 0 Å². The Morgan fingerprint density at radius 1 is 1.19 bits per heavy atom. The molecule has 0 aromatic carbocycles. The van der Waals surface area contributed by atoms with Crippen molar-refractivity contribution in [2.24, 2.45) is 14.1 Å². The average Bonchev–Trinajstić information content (AvgIpc) is 3.53. The lowest BCUT2D eigenvalue weighted by Gasteiger charge is -2.09. The summed E-state index contributed by atoms with van der Waals surface area (Å²) in [6, 6.07) is 0. The lowest BCUT2D eigenvalue weighted by molar-refractivity contribution is 0.585. The SMILES string of the molecule is CCn1ncc(-c2nc3c(=O)[nH]cnc3n2C)c1C.Cn1cnc(SN2CCCC2)c1. The van der Waals surface area contributed by atoms with Crippen molar-refractivity contribution in [2.45, 2.75) is 38.3 Å². The lowest BCUT2D eigenvalue weighted by Crippen LogP contribution is -2.08. The van der Waals surface area contributed by atoms with Gasteiger partial charge < -0.3 is 14.1 Å². The van der Waals surface area contributed by atoms with E-state index in [1.165, 1.54) is 32.3 Å². The molecule has 11 heteroatoms. The van der Waals surface area contributed by atoms with Crippen LogP contribution in [0.1, 0.15) is 25.5 Å². The number of hydrogen-bond acceptors (Lipinski definition) is 7. The third kappa shape index (κ3) is 4.42. The Balaban J connectivity index is 0.000000166. The second-order valence-corrected chi connectivity index (χ2v) is 8.58. The van der Waals surface area contributed by atoms with Crippen molar-refractivity contribution in [1.82, 2.24) is 43.2 Å². The summed E-state index contributed by atoms with van der Waals surface area (Å²) in [5.41, 5.74) is 2.64. The average molecular weight is 442 g/mol. The van der Waals surface area contributed by atoms with Crippen molar-refractivity contribution in [3.8, 4) is 11.4 Å². The minimum Gasteiger partial charge on any atom is -0.339 e. The molecule has 1 fully saturated rings. The van der Waals surface area contributed by atoms with Crippen LogP contribution < -0.4 is 5.56 Å². The molecule has 0 aliphatic carbocycles. The molecular formula is C20H27N9OS. The molecule has 1 aliphatic rings. The van der Waals surface area contributed by atoms with E-state index in [4.69, 9.17) is 0 Å². The molecule has 0 spiro atoms. The molecule has 5 heterocycles. The van der Waals surface area contributed by atoms with E-state index in [9.17, 15) is 4.79 Å². The molecule has 10 nitrogen and oxygen atoms in total. The number of nitrogens with one attached hydrogen (secondary N) is 1. The summed E-state index contributed by atoms with van der Waals surface area (Å²) in [6.45, 7) is 7.24. The van der Waals surface area contributed by atoms with Gasteiger partial charge in [0.25, 0.3) is 5.56 Å². The fourth-order valence-corrected chi connectivity index (χ4v) is 4.60. The summed E-state index contributed by atoms with van der Waals surface area (Å²) >= 11 is 1.77. The first-order valence-electron chi connectivity index (χ1n) is 10.3. The molecule has 31 heavy (non-hydrogen) atoms. The number of fused-ring (bicyclic) bond motifs is 1. The summed E-state index contributed by atoms with van der Waals surface area (Å²) in [6.07, 6.45) is 9.73. The molecule has 0 amide bonds. The van der Waals surface area contributed by atoms with Gasteiger partial charge in [-0.2, -0.15) is 5.10 Å². The molecule has 1 N–H and O–H groups in total. The number of aromatic nitrogens is 8. The zero-order chi connectivity index (χ0) is 22.0. The number of hydrogen-bond donors (Lipinski definition) is 1. The van der Waals surface area contributed by atoms with Gasteiger partial charge in [0.15, 0.2) is 11.2 Å². The largest absolute Gasteiger partial charge is 0.339 e. The first-order chi connectivity index (χ1) is 15.0. The first-order valence-corrected chi connectivity index (χ1v) is 11.1. The molecule has 4 aromatic heterocycles. The van der Waals surface area contributed by atoms with Gasteiger partial charge >= 0.3 is 0 Å². The second kappa shape index (κ2) is 9.06. The highest BCUT2D eigenvalue weighted by molar-refractivity contribution is 7.97. The topological polar surface area (TPSA) is 102 Å². The van der Waals surface area contributed by atoms with Crippen LogP contribution >= 0.6 is 11.9 Å². The molecule has 0 unspecified atom stereocenters. The van der Waals surface area contributed by atoms with Crippen molar-refractivity contribution in [3.63, 3.8) is 0 Å². The molecule has 5 rings (SSSR count). The highest BCUT2D eigenvalue weighted by atomic mass is 32.2. The summed E-state index contributed by atoms with van der Waals surface area (Å²) in [7, 11) is 3.85. The van der Waals surface area contributed by atoms with E-state index in [0.29, 0.717) is 17.0 Å². The lowest BCUT2D eigenvalue weighted by atomic mass is 10.2. The Morgan fingerprint density at radius 2 is 1.97 bits per heavy atom. The molecule has 0 radical (unpaired) electrons. The van der Waals surface area contributed by atoms with Crippen LogP contribution in [0, 0.1) is 6.92 Å². The Morgan fingerprint density at radius 3 is 2.58 bits per heavy atom. The van der Waals surface area contributed by atoms with Gasteiger partial charge in [-0.3, -0.25) is 9.48 Å². The van der Waals surface area contributed by atoms with Crippen LogP contribution in [0.4, 0.5) is 0 Å². The quantitative estimate of drug-likeness (QED) is 0.485. The van der Waals surface area contributed by atoms with Crippen LogP contribution in [0.2, 0.25) is 0 Å². The summed E-state index contributed by atoms with van der Waals surface area (Å²) < 4.78 is 8.07. The van der Waals surface area contributed by atoms with Gasteiger partial charge in [-0.05, 0) is 38.6 Å². The van der Waals surface area contributed by atoms with Gasteiger partial charge in [-0.1, -0.05) is 0 Å². The van der Waals surface area contributed by atoms with Gasteiger partial charge in [0.1, 0.15) is 10.9 Å². The number of imidazole rings is 2. The summed E-state index contributed by atoms with van der Waals surface area (Å²) in [4.78, 5) is 27.1. The Labute approximate surface area is 184 Å². The summed E-state index contributed by atoms with van der Waals surface area (Å²) in [5, 5.41) is 5.41. The van der Waals surface area contributed by atoms with Crippen molar-refractivity contribution in [3.05, 3.63) is 41.1 Å². The first kappa shape index (κ1) is 21.3. The van der Waals surface area contributed by atoms with E-state index in [1.807, 2.05) is 48.1 Å². The maximum absolute atomic E-state index is 11.7. The van der Waals surface area contributed by atoms with Crippen LogP contribution in [0.25, 0.3) is 22.6 Å². The maximum atomic E-state index is 11.7. The molecule has 4 aromatic rings. The number of aryl methyl sites for hydroxylation is 3. The Bertz CT molecular complexity index is 1230. The Hall–Kier alpha value is -2.92. The standard InChI is InChI=1S/C12H14N6O.C8H13N3S/c1-4-18-7(2)8(5-15-18)10-16-9-11(17(10)3)13-6-14-12(9)19;1-10-6-8(9-7-10)12-11-4-2-3-5-11/h5-6H,4H2,1-3H3,(H,13,14,19);6-7H,2-5H2,1H3. The zero-order valence-corrected chi connectivity index (χ0v) is 19.1. The molecule has 0 atom stereocenters. The third-order valence-corrected chi connectivity index (χ3v) is 6.30. The van der Waals surface area contributed by atoms with Crippen molar-refractivity contribution in [1.29, 1.82) is 0 Å². The van der Waals surface area contributed by atoms with E-state index >= 15 is 0 Å². The minimum atomic E-state index is -0.229. The van der Waals surface area contributed by atoms with Gasteiger partial charge in [0.2, 0.25) is 0 Å². The highest BCUT2D eigenvalue weighted by Crippen LogP contribution is 2.25. The minimum absolute atomic E-state index is 0.229. The number of aromatic amines is 1. The fraction of sp³-hybridized carbons (Fsp3) is 0.450. The van der Waals surface area contributed by atoms with Crippen LogP contribution in [-0.4, -0.2) is 56.2 Å². The molecule has 1 saturated heterocycles. The van der Waals surface area contributed by atoms with Gasteiger partial charge in [-0.15, -0.1) is 0 Å². The fourth-order valence-electron chi connectivity index (χ4n) is 3.58. The highest BCUT2D eigenvalue weighted by Gasteiger charge is 2.17. The maximum Gasteiger partial charge on any atom is 0.278 e. The van der Waals surface area contributed by atoms with Crippen LogP contribution in [0.5, 0.6) is 0 Å². The zero-order valence-electron chi connectivity index (χ0n) is 18.2.